The molecule has 2 aliphatic carbocycles. The summed E-state index contributed by atoms with van der Waals surface area (Å²) in [6.45, 7) is 0.273. The van der Waals surface area contributed by atoms with Gasteiger partial charge < -0.3 is 15.2 Å². The summed E-state index contributed by atoms with van der Waals surface area (Å²) in [5.74, 6) is 0.264. The van der Waals surface area contributed by atoms with Gasteiger partial charge in [0.25, 0.3) is 0 Å². The van der Waals surface area contributed by atoms with Crippen molar-refractivity contribution in [2.45, 2.75) is 56.9 Å². The highest BCUT2D eigenvalue weighted by atomic mass is 35.5. The number of rotatable bonds is 6. The largest absolute Gasteiger partial charge is 0.482 e. The molecule has 150 valence electrons. The lowest BCUT2D eigenvalue weighted by molar-refractivity contribution is -0.386. The lowest BCUT2D eigenvalue weighted by atomic mass is 9.83. The van der Waals surface area contributed by atoms with Gasteiger partial charge in [0.15, 0.2) is 5.75 Å². The van der Waals surface area contributed by atoms with Crippen molar-refractivity contribution < 1.29 is 14.8 Å². The van der Waals surface area contributed by atoms with Gasteiger partial charge in [-0.15, -0.1) is 12.4 Å². The number of fused-ring (bicyclic) bond motifs is 1. The fourth-order valence-electron chi connectivity index (χ4n) is 3.95. The maximum Gasteiger partial charge on any atom is 0.314 e. The Morgan fingerprint density at radius 1 is 1.14 bits per heavy atom. The number of nitro groups is 1. The molecule has 0 saturated heterocycles. The van der Waals surface area contributed by atoms with Crippen LogP contribution in [0.1, 0.15) is 48.5 Å². The topological polar surface area (TPSA) is 84.6 Å². The second kappa shape index (κ2) is 8.90. The Bertz CT molecular complexity index is 827. The summed E-state index contributed by atoms with van der Waals surface area (Å²) in [6, 6.07) is 13.4. The van der Waals surface area contributed by atoms with Crippen LogP contribution in [0.5, 0.6) is 5.75 Å². The van der Waals surface area contributed by atoms with Gasteiger partial charge in [0.2, 0.25) is 0 Å². The summed E-state index contributed by atoms with van der Waals surface area (Å²) in [5, 5.41) is 26.0. The molecule has 0 radical (unpaired) electrons. The van der Waals surface area contributed by atoms with Crippen LogP contribution in [0.4, 0.5) is 5.69 Å². The number of nitrogens with one attached hydrogen (secondary N) is 1. The predicted octanol–water partition coefficient (Wildman–Crippen LogP) is 4.09. The maximum absolute atomic E-state index is 11.8. The SMILES string of the molecule is Cl.O=[N+]([O-])c1c(OCc2ccccc2)ccc2c1CCC(NC1CCC1)C2O. The number of aliphatic hydroxyl groups excluding tert-OH is 1. The maximum atomic E-state index is 11.8. The summed E-state index contributed by atoms with van der Waals surface area (Å²) in [4.78, 5) is 11.4. The van der Waals surface area contributed by atoms with Crippen molar-refractivity contribution in [1.82, 2.24) is 5.32 Å². The van der Waals surface area contributed by atoms with Crippen molar-refractivity contribution in [3.63, 3.8) is 0 Å². The first-order valence-electron chi connectivity index (χ1n) is 9.54. The van der Waals surface area contributed by atoms with E-state index >= 15 is 0 Å². The van der Waals surface area contributed by atoms with Crippen LogP contribution in [0.25, 0.3) is 0 Å². The van der Waals surface area contributed by atoms with Crippen LogP contribution in [0, 0.1) is 10.1 Å². The van der Waals surface area contributed by atoms with Gasteiger partial charge in [-0.25, -0.2) is 0 Å². The highest BCUT2D eigenvalue weighted by Gasteiger charge is 2.36. The van der Waals surface area contributed by atoms with Gasteiger partial charge in [0, 0.05) is 17.6 Å². The molecular formula is C21H25ClN2O4. The molecule has 1 saturated carbocycles. The fraction of sp³-hybridized carbons (Fsp3) is 0.429. The molecule has 0 aromatic heterocycles. The van der Waals surface area contributed by atoms with E-state index in [1.807, 2.05) is 30.3 Å². The zero-order valence-corrected chi connectivity index (χ0v) is 16.4. The number of hydrogen-bond acceptors (Lipinski definition) is 5. The first kappa shape index (κ1) is 20.6. The monoisotopic (exact) mass is 404 g/mol. The third-order valence-electron chi connectivity index (χ3n) is 5.66. The standard InChI is InChI=1S/C21H24N2O4.ClH/c24-21-17-10-12-19(27-13-14-5-2-1-3-6-14)20(23(25)26)16(17)9-11-18(21)22-15-7-4-8-15;/h1-3,5-6,10,12,15,18,21-22,24H,4,7-9,11,13H2;1H. The van der Waals surface area contributed by atoms with E-state index in [4.69, 9.17) is 4.74 Å². The number of ether oxygens (including phenoxy) is 1. The highest BCUT2D eigenvalue weighted by molar-refractivity contribution is 5.85. The first-order chi connectivity index (χ1) is 13.1. The fourth-order valence-corrected chi connectivity index (χ4v) is 3.95. The zero-order valence-electron chi connectivity index (χ0n) is 15.5. The van der Waals surface area contributed by atoms with E-state index < -0.39 is 6.10 Å². The Hall–Kier alpha value is -2.15. The normalized spacial score (nSPS) is 21.2. The van der Waals surface area contributed by atoms with Gasteiger partial charge in [-0.1, -0.05) is 42.8 Å². The van der Waals surface area contributed by atoms with Gasteiger partial charge in [0.05, 0.1) is 11.0 Å². The summed E-state index contributed by atoms with van der Waals surface area (Å²) >= 11 is 0. The van der Waals surface area contributed by atoms with Crippen LogP contribution in [-0.4, -0.2) is 22.1 Å². The first-order valence-corrected chi connectivity index (χ1v) is 9.54. The summed E-state index contributed by atoms with van der Waals surface area (Å²) in [6.07, 6.45) is 4.04. The van der Waals surface area contributed by atoms with E-state index in [1.165, 1.54) is 6.42 Å². The average molecular weight is 405 g/mol. The van der Waals surface area contributed by atoms with Crippen LogP contribution in [0.15, 0.2) is 42.5 Å². The van der Waals surface area contributed by atoms with Gasteiger partial charge in [-0.05, 0) is 42.9 Å². The summed E-state index contributed by atoms with van der Waals surface area (Å²) in [7, 11) is 0. The third kappa shape index (κ3) is 4.14. The number of nitrogens with zero attached hydrogens (tertiary/aromatic N) is 1. The molecule has 2 atom stereocenters. The lowest BCUT2D eigenvalue weighted by Gasteiger charge is -2.37. The molecule has 2 aromatic rings. The summed E-state index contributed by atoms with van der Waals surface area (Å²) in [5.41, 5.74) is 2.19. The predicted molar refractivity (Wildman–Crippen MR) is 109 cm³/mol. The van der Waals surface area contributed by atoms with Crippen molar-refractivity contribution in [1.29, 1.82) is 0 Å². The molecule has 0 bridgehead atoms. The Morgan fingerprint density at radius 3 is 2.54 bits per heavy atom. The minimum atomic E-state index is -0.726. The molecule has 2 unspecified atom stereocenters. The molecule has 0 heterocycles. The number of aliphatic hydroxyl groups is 1. The zero-order chi connectivity index (χ0) is 18.8. The molecule has 4 rings (SSSR count). The molecular weight excluding hydrogens is 380 g/mol. The second-order valence-electron chi connectivity index (χ2n) is 7.40. The van der Waals surface area contributed by atoms with Crippen LogP contribution in [-0.2, 0) is 13.0 Å². The highest BCUT2D eigenvalue weighted by Crippen LogP contribution is 2.41. The van der Waals surface area contributed by atoms with Crippen molar-refractivity contribution in [2.75, 3.05) is 0 Å². The molecule has 28 heavy (non-hydrogen) atoms. The second-order valence-corrected chi connectivity index (χ2v) is 7.40. The molecule has 2 aromatic carbocycles. The van der Waals surface area contributed by atoms with E-state index in [0.717, 1.165) is 18.4 Å². The number of nitro benzene ring substituents is 1. The van der Waals surface area contributed by atoms with E-state index in [2.05, 4.69) is 5.32 Å². The van der Waals surface area contributed by atoms with Crippen LogP contribution in [0.3, 0.4) is 0 Å². The van der Waals surface area contributed by atoms with E-state index in [1.54, 1.807) is 12.1 Å². The lowest BCUT2D eigenvalue weighted by Crippen LogP contribution is -2.47. The minimum absolute atomic E-state index is 0. The van der Waals surface area contributed by atoms with Gasteiger partial charge in [0.1, 0.15) is 6.61 Å². The van der Waals surface area contributed by atoms with Gasteiger partial charge in [-0.3, -0.25) is 10.1 Å². The third-order valence-corrected chi connectivity index (χ3v) is 5.66. The van der Waals surface area contributed by atoms with E-state index in [-0.39, 0.29) is 41.4 Å². The molecule has 2 aliphatic rings. The van der Waals surface area contributed by atoms with Gasteiger partial charge >= 0.3 is 5.69 Å². The Morgan fingerprint density at radius 2 is 1.89 bits per heavy atom. The smallest absolute Gasteiger partial charge is 0.314 e. The van der Waals surface area contributed by atoms with Crippen molar-refractivity contribution in [2.24, 2.45) is 0 Å². The van der Waals surface area contributed by atoms with E-state index in [9.17, 15) is 15.2 Å². The number of hydrogen-bond donors (Lipinski definition) is 2. The van der Waals surface area contributed by atoms with Crippen molar-refractivity contribution in [3.05, 3.63) is 69.3 Å². The molecule has 2 N–H and O–H groups in total. The van der Waals surface area contributed by atoms with Gasteiger partial charge in [-0.2, -0.15) is 0 Å². The molecule has 1 fully saturated rings. The average Bonchev–Trinajstić information content (AvgIpc) is 2.64. The molecule has 7 heteroatoms. The van der Waals surface area contributed by atoms with Crippen molar-refractivity contribution >= 4 is 18.1 Å². The molecule has 6 nitrogen and oxygen atoms in total. The Kier molecular flexibility index (Phi) is 6.54. The number of halogens is 1. The molecule has 0 aliphatic heterocycles. The van der Waals surface area contributed by atoms with Crippen LogP contribution in [0.2, 0.25) is 0 Å². The van der Waals surface area contributed by atoms with E-state index in [0.29, 0.717) is 30.0 Å². The minimum Gasteiger partial charge on any atom is -0.482 e. The molecule has 0 amide bonds. The Labute approximate surface area is 170 Å². The van der Waals surface area contributed by atoms with Crippen molar-refractivity contribution in [3.8, 4) is 5.75 Å². The molecule has 0 spiro atoms. The Balaban J connectivity index is 0.00000225. The summed E-state index contributed by atoms with van der Waals surface area (Å²) < 4.78 is 5.76. The van der Waals surface area contributed by atoms with Crippen LogP contribution >= 0.6 is 12.4 Å². The quantitative estimate of drug-likeness (QED) is 0.559. The number of benzene rings is 2. The van der Waals surface area contributed by atoms with Crippen LogP contribution < -0.4 is 10.1 Å².